The fourth-order valence-corrected chi connectivity index (χ4v) is 3.87. The van der Waals surface area contributed by atoms with Crippen LogP contribution in [0.5, 0.6) is 0 Å². The molecule has 0 spiro atoms. The van der Waals surface area contributed by atoms with Crippen molar-refractivity contribution < 1.29 is 4.79 Å². The molecule has 0 bridgehead atoms. The van der Waals surface area contributed by atoms with E-state index in [0.717, 1.165) is 43.1 Å². The number of hydrogen-bond donors (Lipinski definition) is 3. The molecule has 3 aromatic rings. The van der Waals surface area contributed by atoms with Crippen molar-refractivity contribution in [1.82, 2.24) is 20.3 Å². The van der Waals surface area contributed by atoms with Gasteiger partial charge in [0.15, 0.2) is 0 Å². The minimum atomic E-state index is -0.590. The highest BCUT2D eigenvalue weighted by Crippen LogP contribution is 2.24. The van der Waals surface area contributed by atoms with E-state index in [-0.39, 0.29) is 5.82 Å². The topological polar surface area (TPSA) is 99.9 Å². The number of rotatable bonds is 5. The molecule has 3 heterocycles. The molecule has 0 aliphatic carbocycles. The molecule has 0 unspecified atom stereocenters. The second-order valence-electron chi connectivity index (χ2n) is 7.59. The first-order chi connectivity index (χ1) is 13.4. The highest BCUT2D eigenvalue weighted by atomic mass is 16.1. The number of nitrogens with two attached hydrogens (primary N) is 1. The van der Waals surface area contributed by atoms with Crippen molar-refractivity contribution in [2.75, 3.05) is 18.0 Å². The van der Waals surface area contributed by atoms with Gasteiger partial charge in [0.25, 0.3) is 5.91 Å². The molecule has 146 valence electrons. The van der Waals surface area contributed by atoms with E-state index < -0.39 is 5.91 Å². The maximum absolute atomic E-state index is 11.5. The second kappa shape index (κ2) is 7.24. The summed E-state index contributed by atoms with van der Waals surface area (Å²) in [5.41, 5.74) is 10.8. The first-order valence-electron chi connectivity index (χ1n) is 9.63. The molecule has 1 fully saturated rings. The number of primary amides is 1. The quantitative estimate of drug-likeness (QED) is 0.633. The molecule has 7 heteroatoms. The highest BCUT2D eigenvalue weighted by molar-refractivity contribution is 5.89. The average Bonchev–Trinajstić information content (AvgIpc) is 3.29. The lowest BCUT2D eigenvalue weighted by atomic mass is 10.1. The Bertz CT molecular complexity index is 1040. The standard InChI is InChI=1S/C21H26N6O/c1-12-5-4-6-18-17(12)9-16(25-18)10-23-15-7-8-27(11-15)21-13(2)14(3)24-20(26-21)19(22)28/h4-6,9,15,23,25H,7-8,10-11H2,1-3H3,(H2,22,28)/t15-/m1/s1. The van der Waals surface area contributed by atoms with Crippen LogP contribution in [0.2, 0.25) is 0 Å². The van der Waals surface area contributed by atoms with E-state index in [1.165, 1.54) is 22.2 Å². The number of nitrogens with one attached hydrogen (secondary N) is 2. The Kier molecular flexibility index (Phi) is 4.77. The third-order valence-corrected chi connectivity index (χ3v) is 5.59. The van der Waals surface area contributed by atoms with Crippen molar-refractivity contribution in [2.24, 2.45) is 5.73 Å². The van der Waals surface area contributed by atoms with E-state index in [1.807, 2.05) is 13.8 Å². The summed E-state index contributed by atoms with van der Waals surface area (Å²) in [4.78, 5) is 25.8. The van der Waals surface area contributed by atoms with Gasteiger partial charge in [-0.15, -0.1) is 0 Å². The highest BCUT2D eigenvalue weighted by Gasteiger charge is 2.26. The molecule has 1 amide bonds. The number of H-pyrrole nitrogens is 1. The predicted octanol–water partition coefficient (Wildman–Crippen LogP) is 2.35. The van der Waals surface area contributed by atoms with Crippen LogP contribution in [0, 0.1) is 20.8 Å². The zero-order valence-electron chi connectivity index (χ0n) is 16.5. The number of hydrogen-bond acceptors (Lipinski definition) is 5. The zero-order valence-corrected chi connectivity index (χ0v) is 16.5. The molecule has 1 atom stereocenters. The first kappa shape index (κ1) is 18.4. The maximum Gasteiger partial charge on any atom is 0.286 e. The van der Waals surface area contributed by atoms with Gasteiger partial charge in [-0.3, -0.25) is 4.79 Å². The summed E-state index contributed by atoms with van der Waals surface area (Å²) in [6.45, 7) is 8.53. The van der Waals surface area contributed by atoms with Crippen LogP contribution in [0.3, 0.4) is 0 Å². The molecule has 1 aliphatic heterocycles. The Labute approximate surface area is 164 Å². The van der Waals surface area contributed by atoms with E-state index in [9.17, 15) is 4.79 Å². The molecular weight excluding hydrogens is 352 g/mol. The lowest BCUT2D eigenvalue weighted by Crippen LogP contribution is -2.33. The Morgan fingerprint density at radius 2 is 2.14 bits per heavy atom. The monoisotopic (exact) mass is 378 g/mol. The van der Waals surface area contributed by atoms with Crippen molar-refractivity contribution in [1.29, 1.82) is 0 Å². The molecule has 1 aromatic carbocycles. The van der Waals surface area contributed by atoms with E-state index in [1.54, 1.807) is 0 Å². The number of aromatic amines is 1. The van der Waals surface area contributed by atoms with Crippen molar-refractivity contribution in [3.63, 3.8) is 0 Å². The molecule has 4 rings (SSSR count). The number of nitrogens with zero attached hydrogens (tertiary/aromatic N) is 3. The SMILES string of the molecule is Cc1nc(C(N)=O)nc(N2CC[C@@H](NCc3cc4c(C)cccc4[nH]3)C2)c1C. The number of carbonyl (C=O) groups is 1. The van der Waals surface area contributed by atoms with Gasteiger partial charge in [0.1, 0.15) is 5.82 Å². The normalized spacial score (nSPS) is 16.8. The van der Waals surface area contributed by atoms with Gasteiger partial charge < -0.3 is 20.9 Å². The summed E-state index contributed by atoms with van der Waals surface area (Å²) >= 11 is 0. The number of fused-ring (bicyclic) bond motifs is 1. The summed E-state index contributed by atoms with van der Waals surface area (Å²) in [5.74, 6) is 0.308. The fraction of sp³-hybridized carbons (Fsp3) is 0.381. The van der Waals surface area contributed by atoms with Gasteiger partial charge in [-0.1, -0.05) is 12.1 Å². The van der Waals surface area contributed by atoms with E-state index in [4.69, 9.17) is 5.73 Å². The molecule has 7 nitrogen and oxygen atoms in total. The lowest BCUT2D eigenvalue weighted by molar-refractivity contribution is 0.0990. The summed E-state index contributed by atoms with van der Waals surface area (Å²) in [5, 5.41) is 4.92. The smallest absolute Gasteiger partial charge is 0.286 e. The number of amides is 1. The van der Waals surface area contributed by atoms with Crippen LogP contribution in [-0.2, 0) is 6.54 Å². The summed E-state index contributed by atoms with van der Waals surface area (Å²) in [6.07, 6.45) is 1.02. The van der Waals surface area contributed by atoms with Crippen molar-refractivity contribution in [3.05, 3.63) is 52.6 Å². The van der Waals surface area contributed by atoms with Gasteiger partial charge in [-0.25, -0.2) is 9.97 Å². The van der Waals surface area contributed by atoms with E-state index in [0.29, 0.717) is 6.04 Å². The van der Waals surface area contributed by atoms with Crippen LogP contribution in [0.25, 0.3) is 10.9 Å². The first-order valence-corrected chi connectivity index (χ1v) is 9.63. The van der Waals surface area contributed by atoms with Gasteiger partial charge >= 0.3 is 0 Å². The van der Waals surface area contributed by atoms with Gasteiger partial charge in [0.05, 0.1) is 0 Å². The van der Waals surface area contributed by atoms with Crippen molar-refractivity contribution in [2.45, 2.75) is 39.8 Å². The largest absolute Gasteiger partial charge is 0.363 e. The molecule has 1 saturated heterocycles. The number of aromatic nitrogens is 3. The van der Waals surface area contributed by atoms with Gasteiger partial charge in [-0.05, 0) is 44.9 Å². The van der Waals surface area contributed by atoms with Crippen molar-refractivity contribution in [3.8, 4) is 0 Å². The third-order valence-electron chi connectivity index (χ3n) is 5.59. The predicted molar refractivity (Wildman–Crippen MR) is 111 cm³/mol. The van der Waals surface area contributed by atoms with Crippen LogP contribution >= 0.6 is 0 Å². The van der Waals surface area contributed by atoms with Crippen LogP contribution in [0.1, 0.15) is 39.6 Å². The summed E-state index contributed by atoms with van der Waals surface area (Å²) < 4.78 is 0. The molecule has 2 aromatic heterocycles. The Morgan fingerprint density at radius 3 is 2.89 bits per heavy atom. The zero-order chi connectivity index (χ0) is 19.8. The third kappa shape index (κ3) is 3.45. The Hall–Kier alpha value is -2.93. The molecule has 1 aliphatic rings. The Balaban J connectivity index is 1.44. The van der Waals surface area contributed by atoms with E-state index >= 15 is 0 Å². The van der Waals surface area contributed by atoms with Gasteiger partial charge in [0.2, 0.25) is 5.82 Å². The Morgan fingerprint density at radius 1 is 1.32 bits per heavy atom. The maximum atomic E-state index is 11.5. The van der Waals surface area contributed by atoms with Crippen LogP contribution in [0.15, 0.2) is 24.3 Å². The number of carbonyl (C=O) groups excluding carboxylic acids is 1. The van der Waals surface area contributed by atoms with Crippen LogP contribution in [0.4, 0.5) is 5.82 Å². The minimum Gasteiger partial charge on any atom is -0.363 e. The van der Waals surface area contributed by atoms with Crippen LogP contribution < -0.4 is 16.0 Å². The van der Waals surface area contributed by atoms with Crippen LogP contribution in [-0.4, -0.2) is 40.0 Å². The van der Waals surface area contributed by atoms with Gasteiger partial charge in [-0.2, -0.15) is 0 Å². The fourth-order valence-electron chi connectivity index (χ4n) is 3.87. The van der Waals surface area contributed by atoms with E-state index in [2.05, 4.69) is 56.4 Å². The van der Waals surface area contributed by atoms with Gasteiger partial charge in [0, 0.05) is 53.5 Å². The average molecular weight is 378 g/mol. The number of anilines is 1. The molecule has 28 heavy (non-hydrogen) atoms. The molecule has 0 saturated carbocycles. The van der Waals surface area contributed by atoms with Crippen molar-refractivity contribution >= 4 is 22.6 Å². The molecular formula is C21H26N6O. The summed E-state index contributed by atoms with van der Waals surface area (Å²) in [7, 11) is 0. The minimum absolute atomic E-state index is 0.0861. The number of aryl methyl sites for hydroxylation is 2. The second-order valence-corrected chi connectivity index (χ2v) is 7.59. The summed E-state index contributed by atoms with van der Waals surface area (Å²) in [6, 6.07) is 8.90. The lowest BCUT2D eigenvalue weighted by Gasteiger charge is -2.21. The molecule has 0 radical (unpaired) electrons. The number of benzene rings is 1. The molecule has 4 N–H and O–H groups in total.